The van der Waals surface area contributed by atoms with Crippen LogP contribution in [-0.2, 0) is 0 Å². The van der Waals surface area contributed by atoms with Crippen molar-refractivity contribution in [3.05, 3.63) is 58.7 Å². The third-order valence-electron chi connectivity index (χ3n) is 5.13. The quantitative estimate of drug-likeness (QED) is 0.695. The highest BCUT2D eigenvalue weighted by Crippen LogP contribution is 2.36. The van der Waals surface area contributed by atoms with Gasteiger partial charge in [0.2, 0.25) is 0 Å². The summed E-state index contributed by atoms with van der Waals surface area (Å²) in [5, 5.41) is 16.1. The minimum atomic E-state index is -0.411. The van der Waals surface area contributed by atoms with Gasteiger partial charge in [-0.3, -0.25) is 0 Å². The number of hydrogen-bond acceptors (Lipinski definition) is 4. The first kappa shape index (κ1) is 17.5. The van der Waals surface area contributed by atoms with Crippen LogP contribution in [0.15, 0.2) is 58.7 Å². The molecular weight excluding hydrogens is 315 g/mol. The topological polar surface area (TPSA) is 73.9 Å². The zero-order valence-electron chi connectivity index (χ0n) is 14.6. The van der Waals surface area contributed by atoms with Crippen LogP contribution in [0.25, 0.3) is 0 Å². The third-order valence-corrected chi connectivity index (χ3v) is 5.13. The molecule has 5 heteroatoms. The van der Waals surface area contributed by atoms with Gasteiger partial charge in [0.25, 0.3) is 0 Å². The molecule has 0 aromatic rings. The van der Waals surface area contributed by atoms with Gasteiger partial charge >= 0.3 is 0 Å². The number of allylic oxidation sites excluding steroid dienone is 7. The summed E-state index contributed by atoms with van der Waals surface area (Å²) in [5.74, 6) is -0.0556. The molecule has 0 aromatic carbocycles. The maximum atomic E-state index is 13.7. The van der Waals surface area contributed by atoms with Crippen LogP contribution in [0.5, 0.6) is 0 Å². The largest absolute Gasteiger partial charge is 0.390 e. The van der Waals surface area contributed by atoms with Crippen molar-refractivity contribution in [3.63, 3.8) is 0 Å². The number of hydrogen-bond donors (Lipinski definition) is 3. The van der Waals surface area contributed by atoms with Gasteiger partial charge in [-0.2, -0.15) is 5.26 Å². The lowest BCUT2D eigenvalue weighted by molar-refractivity contribution is 0.486. The highest BCUT2D eigenvalue weighted by atomic mass is 19.1. The van der Waals surface area contributed by atoms with Gasteiger partial charge in [-0.15, -0.1) is 0 Å². The van der Waals surface area contributed by atoms with E-state index in [2.05, 4.69) is 35.9 Å². The normalized spacial score (nSPS) is 26.1. The lowest BCUT2D eigenvalue weighted by atomic mass is 9.81. The molecule has 3 unspecified atom stereocenters. The second-order valence-electron chi connectivity index (χ2n) is 6.76. The molecule has 0 aromatic heterocycles. The van der Waals surface area contributed by atoms with Gasteiger partial charge < -0.3 is 16.4 Å². The van der Waals surface area contributed by atoms with Crippen molar-refractivity contribution in [2.45, 2.75) is 32.2 Å². The highest BCUT2D eigenvalue weighted by Gasteiger charge is 2.29. The van der Waals surface area contributed by atoms with Crippen molar-refractivity contribution in [2.24, 2.45) is 17.6 Å². The van der Waals surface area contributed by atoms with Crippen molar-refractivity contribution in [3.8, 4) is 6.07 Å². The van der Waals surface area contributed by atoms with Gasteiger partial charge in [0.15, 0.2) is 0 Å². The Hall–Kier alpha value is -2.32. The zero-order chi connectivity index (χ0) is 17.8. The summed E-state index contributed by atoms with van der Waals surface area (Å²) in [7, 11) is 0. The minimum Gasteiger partial charge on any atom is -0.390 e. The van der Waals surface area contributed by atoms with Crippen LogP contribution in [0.4, 0.5) is 4.39 Å². The molecule has 4 N–H and O–H groups in total. The van der Waals surface area contributed by atoms with Crippen molar-refractivity contribution in [1.29, 1.82) is 5.26 Å². The summed E-state index contributed by atoms with van der Waals surface area (Å²) in [6, 6.07) is 2.30. The molecule has 3 rings (SSSR count). The first-order valence-electron chi connectivity index (χ1n) is 8.97. The van der Waals surface area contributed by atoms with Gasteiger partial charge in [0, 0.05) is 36.3 Å². The predicted molar refractivity (Wildman–Crippen MR) is 97.6 cm³/mol. The summed E-state index contributed by atoms with van der Waals surface area (Å²) >= 11 is 0. The van der Waals surface area contributed by atoms with Crippen LogP contribution >= 0.6 is 0 Å². The maximum Gasteiger partial charge on any atom is 0.136 e. The number of fused-ring (bicyclic) bond motifs is 1. The molecule has 0 bridgehead atoms. The van der Waals surface area contributed by atoms with Crippen LogP contribution in [0.3, 0.4) is 0 Å². The van der Waals surface area contributed by atoms with Crippen molar-refractivity contribution in [2.75, 3.05) is 13.1 Å². The molecule has 0 spiro atoms. The van der Waals surface area contributed by atoms with E-state index in [9.17, 15) is 4.39 Å². The average Bonchev–Trinajstić information content (AvgIpc) is 3.10. The van der Waals surface area contributed by atoms with Gasteiger partial charge in [-0.1, -0.05) is 19.1 Å². The molecule has 1 heterocycles. The fourth-order valence-electron chi connectivity index (χ4n) is 3.64. The van der Waals surface area contributed by atoms with E-state index in [1.165, 1.54) is 17.3 Å². The van der Waals surface area contributed by atoms with Crippen molar-refractivity contribution < 1.29 is 4.39 Å². The molecule has 3 atom stereocenters. The average molecular weight is 340 g/mol. The summed E-state index contributed by atoms with van der Waals surface area (Å²) in [6.45, 7) is 3.71. The van der Waals surface area contributed by atoms with E-state index in [0.29, 0.717) is 24.9 Å². The summed E-state index contributed by atoms with van der Waals surface area (Å²) in [5.41, 5.74) is 9.41. The first-order valence-corrected chi connectivity index (χ1v) is 8.97. The monoisotopic (exact) mass is 340 g/mol. The summed E-state index contributed by atoms with van der Waals surface area (Å²) in [6.07, 6.45) is 12.2. The predicted octanol–water partition coefficient (Wildman–Crippen LogP) is 2.95. The van der Waals surface area contributed by atoms with E-state index in [1.54, 1.807) is 6.08 Å². The van der Waals surface area contributed by atoms with Crippen LogP contribution in [0.1, 0.15) is 26.2 Å². The number of nitrogens with one attached hydrogen (secondary N) is 2. The molecule has 0 saturated carbocycles. The second kappa shape index (κ2) is 7.71. The summed E-state index contributed by atoms with van der Waals surface area (Å²) in [4.78, 5) is 0. The van der Waals surface area contributed by atoms with Crippen LogP contribution in [-0.4, -0.2) is 19.1 Å². The standard InChI is InChI=1S/C20H25FN4/c1-2-17(5-6-22)25-20-9-14(8-16-11-24-12-18(16)20)13-3-4-19(21)15(7-13)10-23/h4,7-9,11,13,17-18,24-25H,2-3,5-6,12,22H2,1H3. The molecule has 1 aliphatic heterocycles. The van der Waals surface area contributed by atoms with Gasteiger partial charge in [-0.25, -0.2) is 4.39 Å². The molecule has 0 saturated heterocycles. The maximum absolute atomic E-state index is 13.7. The van der Waals surface area contributed by atoms with Gasteiger partial charge in [-0.05, 0) is 49.1 Å². The Morgan fingerprint density at radius 2 is 2.28 bits per heavy atom. The van der Waals surface area contributed by atoms with E-state index in [1.807, 2.05) is 6.07 Å². The molecule has 132 valence electrons. The van der Waals surface area contributed by atoms with Crippen LogP contribution in [0, 0.1) is 23.2 Å². The Labute approximate surface area is 148 Å². The fourth-order valence-corrected chi connectivity index (χ4v) is 3.64. The Morgan fingerprint density at radius 1 is 1.44 bits per heavy atom. The number of rotatable bonds is 6. The Bertz CT molecular complexity index is 720. The number of nitrogens with two attached hydrogens (primary N) is 1. The highest BCUT2D eigenvalue weighted by molar-refractivity contribution is 5.50. The van der Waals surface area contributed by atoms with Crippen molar-refractivity contribution >= 4 is 0 Å². The second-order valence-corrected chi connectivity index (χ2v) is 6.76. The summed E-state index contributed by atoms with van der Waals surface area (Å²) < 4.78 is 13.7. The molecule has 3 aliphatic rings. The lowest BCUT2D eigenvalue weighted by Crippen LogP contribution is -2.35. The Balaban J connectivity index is 1.87. The Morgan fingerprint density at radius 3 is 3.00 bits per heavy atom. The number of nitriles is 1. The number of halogens is 1. The lowest BCUT2D eigenvalue weighted by Gasteiger charge is -2.29. The molecule has 0 amide bonds. The number of nitrogens with zero attached hydrogens (tertiary/aromatic N) is 1. The van der Waals surface area contributed by atoms with E-state index in [0.717, 1.165) is 25.0 Å². The molecule has 0 radical (unpaired) electrons. The zero-order valence-corrected chi connectivity index (χ0v) is 14.6. The van der Waals surface area contributed by atoms with Crippen LogP contribution in [0.2, 0.25) is 0 Å². The van der Waals surface area contributed by atoms with E-state index in [-0.39, 0.29) is 11.5 Å². The van der Waals surface area contributed by atoms with Crippen molar-refractivity contribution in [1.82, 2.24) is 10.6 Å². The van der Waals surface area contributed by atoms with E-state index >= 15 is 0 Å². The van der Waals surface area contributed by atoms with Crippen LogP contribution < -0.4 is 16.4 Å². The van der Waals surface area contributed by atoms with Gasteiger partial charge in [0.05, 0.1) is 5.57 Å². The molecule has 0 fully saturated rings. The van der Waals surface area contributed by atoms with E-state index < -0.39 is 5.83 Å². The van der Waals surface area contributed by atoms with Gasteiger partial charge in [0.1, 0.15) is 11.9 Å². The molecule has 2 aliphatic carbocycles. The third kappa shape index (κ3) is 3.69. The Kier molecular flexibility index (Phi) is 5.40. The molecular formula is C20H25FN4. The SMILES string of the molecule is CCC(CCN)NC1=CC(C2C=C(C#N)C(F)=CC2)=CC2=CNCC21. The minimum absolute atomic E-state index is 0.0305. The molecule has 4 nitrogen and oxygen atoms in total. The first-order chi connectivity index (χ1) is 12.2. The molecule has 25 heavy (non-hydrogen) atoms. The smallest absolute Gasteiger partial charge is 0.136 e. The fraction of sp³-hybridized carbons (Fsp3) is 0.450. The van der Waals surface area contributed by atoms with E-state index in [4.69, 9.17) is 11.0 Å².